The highest BCUT2D eigenvalue weighted by Crippen LogP contribution is 2.23. The van der Waals surface area contributed by atoms with Gasteiger partial charge in [0.15, 0.2) is 0 Å². The van der Waals surface area contributed by atoms with E-state index in [0.717, 1.165) is 49.8 Å². The molecule has 0 N–H and O–H groups in total. The number of benzene rings is 2. The van der Waals surface area contributed by atoms with Crippen LogP contribution in [0.4, 0.5) is 0 Å². The lowest BCUT2D eigenvalue weighted by Gasteiger charge is -2.34. The SMILES string of the molecule is COc1cc(CCC(=O)N2CCN(C/C=C/c3ccccc3)CC2)cc(OC)c1. The summed E-state index contributed by atoms with van der Waals surface area (Å²) in [5.41, 5.74) is 2.27. The quantitative estimate of drug-likeness (QED) is 0.687. The van der Waals surface area contributed by atoms with Gasteiger partial charge < -0.3 is 14.4 Å². The van der Waals surface area contributed by atoms with Gasteiger partial charge in [0.05, 0.1) is 14.2 Å². The molecule has 0 radical (unpaired) electrons. The summed E-state index contributed by atoms with van der Waals surface area (Å²) < 4.78 is 10.6. The molecule has 5 nitrogen and oxygen atoms in total. The summed E-state index contributed by atoms with van der Waals surface area (Å²) in [5.74, 6) is 1.72. The van der Waals surface area contributed by atoms with Crippen molar-refractivity contribution in [1.82, 2.24) is 9.80 Å². The van der Waals surface area contributed by atoms with Crippen LogP contribution < -0.4 is 9.47 Å². The van der Waals surface area contributed by atoms with Crippen LogP contribution in [0.1, 0.15) is 17.5 Å². The maximum atomic E-state index is 12.6. The van der Waals surface area contributed by atoms with Crippen molar-refractivity contribution in [2.45, 2.75) is 12.8 Å². The number of nitrogens with zero attached hydrogens (tertiary/aromatic N) is 2. The standard InChI is InChI=1S/C24H30N2O3/c1-28-22-17-21(18-23(19-22)29-2)10-11-24(27)26-15-13-25(14-16-26)12-6-9-20-7-4-3-5-8-20/h3-9,17-19H,10-16H2,1-2H3/b9-6+. The van der Waals surface area contributed by atoms with Gasteiger partial charge in [-0.15, -0.1) is 0 Å². The summed E-state index contributed by atoms with van der Waals surface area (Å²) in [4.78, 5) is 17.0. The molecule has 1 aliphatic heterocycles. The lowest BCUT2D eigenvalue weighted by molar-refractivity contribution is -0.132. The Kier molecular flexibility index (Phi) is 7.70. The van der Waals surface area contributed by atoms with E-state index < -0.39 is 0 Å². The average molecular weight is 395 g/mol. The molecule has 154 valence electrons. The van der Waals surface area contributed by atoms with Crippen molar-refractivity contribution >= 4 is 12.0 Å². The summed E-state index contributed by atoms with van der Waals surface area (Å²) >= 11 is 0. The minimum Gasteiger partial charge on any atom is -0.497 e. The molecule has 0 aliphatic carbocycles. The van der Waals surface area contributed by atoms with Crippen LogP contribution in [0.25, 0.3) is 6.08 Å². The molecule has 0 aromatic heterocycles. The molecular formula is C24H30N2O3. The predicted molar refractivity (Wildman–Crippen MR) is 116 cm³/mol. The second kappa shape index (κ2) is 10.7. The Morgan fingerprint density at radius 3 is 2.24 bits per heavy atom. The topological polar surface area (TPSA) is 42.0 Å². The number of rotatable bonds is 8. The Labute approximate surface area is 173 Å². The van der Waals surface area contributed by atoms with Crippen molar-refractivity contribution in [3.8, 4) is 11.5 Å². The largest absolute Gasteiger partial charge is 0.497 e. The third kappa shape index (κ3) is 6.36. The molecule has 5 heteroatoms. The molecule has 1 amide bonds. The zero-order valence-electron chi connectivity index (χ0n) is 17.3. The number of methoxy groups -OCH3 is 2. The Bertz CT molecular complexity index is 790. The summed E-state index contributed by atoms with van der Waals surface area (Å²) in [6.45, 7) is 4.33. The minimum absolute atomic E-state index is 0.214. The molecule has 0 saturated carbocycles. The lowest BCUT2D eigenvalue weighted by atomic mass is 10.1. The molecule has 29 heavy (non-hydrogen) atoms. The predicted octanol–water partition coefficient (Wildman–Crippen LogP) is 3.49. The van der Waals surface area contributed by atoms with Gasteiger partial charge in [-0.05, 0) is 29.7 Å². The number of carbonyl (C=O) groups excluding carboxylic acids is 1. The van der Waals surface area contributed by atoms with Gasteiger partial charge >= 0.3 is 0 Å². The highest BCUT2D eigenvalue weighted by Gasteiger charge is 2.20. The second-order valence-electron chi connectivity index (χ2n) is 7.22. The zero-order chi connectivity index (χ0) is 20.5. The molecular weight excluding hydrogens is 364 g/mol. The number of hydrogen-bond donors (Lipinski definition) is 0. The minimum atomic E-state index is 0.214. The number of ether oxygens (including phenoxy) is 2. The number of carbonyl (C=O) groups is 1. The van der Waals surface area contributed by atoms with E-state index in [9.17, 15) is 4.79 Å². The summed E-state index contributed by atoms with van der Waals surface area (Å²) in [7, 11) is 3.27. The van der Waals surface area contributed by atoms with E-state index in [2.05, 4.69) is 29.2 Å². The van der Waals surface area contributed by atoms with Crippen LogP contribution in [0.3, 0.4) is 0 Å². The third-order valence-corrected chi connectivity index (χ3v) is 5.24. The Morgan fingerprint density at radius 1 is 0.966 bits per heavy atom. The fourth-order valence-electron chi connectivity index (χ4n) is 3.50. The maximum absolute atomic E-state index is 12.6. The van der Waals surface area contributed by atoms with Crippen molar-refractivity contribution in [1.29, 1.82) is 0 Å². The van der Waals surface area contributed by atoms with Gasteiger partial charge in [0, 0.05) is 45.2 Å². The van der Waals surface area contributed by atoms with Gasteiger partial charge in [-0.25, -0.2) is 0 Å². The van der Waals surface area contributed by atoms with E-state index >= 15 is 0 Å². The Balaban J connectivity index is 1.42. The molecule has 2 aromatic carbocycles. The molecule has 1 aliphatic rings. The van der Waals surface area contributed by atoms with E-state index in [1.54, 1.807) is 14.2 Å². The van der Waals surface area contributed by atoms with Gasteiger partial charge in [0.25, 0.3) is 0 Å². The van der Waals surface area contributed by atoms with Crippen molar-refractivity contribution in [2.24, 2.45) is 0 Å². The highest BCUT2D eigenvalue weighted by atomic mass is 16.5. The zero-order valence-corrected chi connectivity index (χ0v) is 17.3. The van der Waals surface area contributed by atoms with Crippen LogP contribution in [0, 0.1) is 0 Å². The van der Waals surface area contributed by atoms with E-state index in [1.165, 1.54) is 5.56 Å². The third-order valence-electron chi connectivity index (χ3n) is 5.24. The van der Waals surface area contributed by atoms with Gasteiger partial charge in [-0.2, -0.15) is 0 Å². The number of aryl methyl sites for hydroxylation is 1. The van der Waals surface area contributed by atoms with Gasteiger partial charge in [0.1, 0.15) is 11.5 Å². The maximum Gasteiger partial charge on any atom is 0.222 e. The van der Waals surface area contributed by atoms with Crippen LogP contribution >= 0.6 is 0 Å². The first-order valence-corrected chi connectivity index (χ1v) is 10.1. The second-order valence-corrected chi connectivity index (χ2v) is 7.22. The van der Waals surface area contributed by atoms with Crippen LogP contribution in [0.5, 0.6) is 11.5 Å². The fourth-order valence-corrected chi connectivity index (χ4v) is 3.50. The number of hydrogen-bond acceptors (Lipinski definition) is 4. The smallest absolute Gasteiger partial charge is 0.222 e. The number of amides is 1. The molecule has 1 fully saturated rings. The molecule has 0 unspecified atom stereocenters. The molecule has 3 rings (SSSR count). The van der Waals surface area contributed by atoms with Crippen molar-refractivity contribution < 1.29 is 14.3 Å². The van der Waals surface area contributed by atoms with Gasteiger partial charge in [-0.1, -0.05) is 42.5 Å². The average Bonchev–Trinajstić information content (AvgIpc) is 2.78. The monoisotopic (exact) mass is 394 g/mol. The fraction of sp³-hybridized carbons (Fsp3) is 0.375. The molecule has 2 aromatic rings. The van der Waals surface area contributed by atoms with Gasteiger partial charge in [-0.3, -0.25) is 9.69 Å². The highest BCUT2D eigenvalue weighted by molar-refractivity contribution is 5.76. The van der Waals surface area contributed by atoms with Crippen LogP contribution in [0.2, 0.25) is 0 Å². The van der Waals surface area contributed by atoms with Crippen molar-refractivity contribution in [3.05, 3.63) is 65.7 Å². The lowest BCUT2D eigenvalue weighted by Crippen LogP contribution is -2.48. The van der Waals surface area contributed by atoms with Gasteiger partial charge in [0.2, 0.25) is 5.91 Å². The molecule has 1 saturated heterocycles. The van der Waals surface area contributed by atoms with E-state index in [4.69, 9.17) is 9.47 Å². The van der Waals surface area contributed by atoms with Crippen molar-refractivity contribution in [2.75, 3.05) is 46.9 Å². The number of piperazine rings is 1. The van der Waals surface area contributed by atoms with Crippen LogP contribution in [0.15, 0.2) is 54.6 Å². The first kappa shape index (κ1) is 20.9. The Morgan fingerprint density at radius 2 is 1.62 bits per heavy atom. The summed E-state index contributed by atoms with van der Waals surface area (Å²) in [6, 6.07) is 16.1. The van der Waals surface area contributed by atoms with E-state index in [1.807, 2.05) is 41.3 Å². The molecule has 0 bridgehead atoms. The van der Waals surface area contributed by atoms with E-state index in [-0.39, 0.29) is 5.91 Å². The van der Waals surface area contributed by atoms with Crippen molar-refractivity contribution in [3.63, 3.8) is 0 Å². The normalized spacial score (nSPS) is 14.9. The first-order valence-electron chi connectivity index (χ1n) is 10.1. The Hall–Kier alpha value is -2.79. The molecule has 1 heterocycles. The molecule has 0 atom stereocenters. The van der Waals surface area contributed by atoms with E-state index in [0.29, 0.717) is 12.8 Å². The summed E-state index contributed by atoms with van der Waals surface area (Å²) in [6.07, 6.45) is 5.54. The molecule has 0 spiro atoms. The van der Waals surface area contributed by atoms with Crippen LogP contribution in [-0.2, 0) is 11.2 Å². The summed E-state index contributed by atoms with van der Waals surface area (Å²) in [5, 5.41) is 0. The van der Waals surface area contributed by atoms with Crippen LogP contribution in [-0.4, -0.2) is 62.7 Å². The first-order chi connectivity index (χ1) is 14.2.